The van der Waals surface area contributed by atoms with E-state index in [-0.39, 0.29) is 10.6 Å². The highest BCUT2D eigenvalue weighted by Crippen LogP contribution is 2.34. The summed E-state index contributed by atoms with van der Waals surface area (Å²) in [6, 6.07) is 5.75. The Morgan fingerprint density at radius 2 is 2.05 bits per heavy atom. The van der Waals surface area contributed by atoms with Gasteiger partial charge in [-0.1, -0.05) is 29.8 Å². The Hall–Kier alpha value is -1.14. The van der Waals surface area contributed by atoms with Gasteiger partial charge in [0.1, 0.15) is 5.69 Å². The molecule has 0 aliphatic carbocycles. The maximum Gasteiger partial charge on any atom is 0.293 e. The van der Waals surface area contributed by atoms with E-state index in [1.54, 1.807) is 6.07 Å². The number of nitro benzene ring substituents is 1. The first-order chi connectivity index (χ1) is 10.4. The predicted molar refractivity (Wildman–Crippen MR) is 93.5 cm³/mol. The third-order valence-corrected chi connectivity index (χ3v) is 4.63. The van der Waals surface area contributed by atoms with Gasteiger partial charge in [0.15, 0.2) is 0 Å². The molecule has 0 aromatic heterocycles. The molecule has 0 saturated carbocycles. The number of halogens is 1. The molecule has 1 aromatic carbocycles. The number of likely N-dealkylation sites (tertiary alicyclic amines) is 1. The second-order valence-electron chi connectivity index (χ2n) is 6.47. The second-order valence-corrected chi connectivity index (χ2v) is 7.39. The summed E-state index contributed by atoms with van der Waals surface area (Å²) in [7, 11) is 2.13. The lowest BCUT2D eigenvalue weighted by Gasteiger charge is -2.39. The molecule has 1 aliphatic rings. The average molecular weight is 370 g/mol. The monoisotopic (exact) mass is 369 g/mol. The molecule has 1 aromatic rings. The first-order valence-electron chi connectivity index (χ1n) is 7.77. The average Bonchev–Trinajstić information content (AvgIpc) is 2.45. The zero-order valence-corrected chi connectivity index (χ0v) is 15.0. The number of hydrogen-bond acceptors (Lipinski definition) is 4. The SMILES string of the molecule is CC(C)CN(c1ccc(Br)cc1[N+](=O)[O-])C1CCN(C)CC1. The highest BCUT2D eigenvalue weighted by Gasteiger charge is 2.28. The molecule has 0 atom stereocenters. The molecule has 0 spiro atoms. The van der Waals surface area contributed by atoms with Crippen LogP contribution in [0.25, 0.3) is 0 Å². The summed E-state index contributed by atoms with van der Waals surface area (Å²) in [5.74, 6) is 0.461. The molecule has 22 heavy (non-hydrogen) atoms. The highest BCUT2D eigenvalue weighted by atomic mass is 79.9. The van der Waals surface area contributed by atoms with Crippen molar-refractivity contribution in [2.24, 2.45) is 5.92 Å². The first-order valence-corrected chi connectivity index (χ1v) is 8.57. The van der Waals surface area contributed by atoms with E-state index >= 15 is 0 Å². The van der Waals surface area contributed by atoms with E-state index in [4.69, 9.17) is 0 Å². The number of piperidine rings is 1. The van der Waals surface area contributed by atoms with Crippen LogP contribution in [-0.4, -0.2) is 42.5 Å². The molecule has 0 unspecified atom stereocenters. The summed E-state index contributed by atoms with van der Waals surface area (Å²) in [5, 5.41) is 11.4. The van der Waals surface area contributed by atoms with E-state index in [0.717, 1.165) is 42.6 Å². The fraction of sp³-hybridized carbons (Fsp3) is 0.625. The van der Waals surface area contributed by atoms with Gasteiger partial charge >= 0.3 is 0 Å². The molecular formula is C16H24BrN3O2. The van der Waals surface area contributed by atoms with Crippen LogP contribution < -0.4 is 4.90 Å². The maximum atomic E-state index is 11.4. The number of hydrogen-bond donors (Lipinski definition) is 0. The lowest BCUT2D eigenvalue weighted by atomic mass is 10.0. The van der Waals surface area contributed by atoms with Gasteiger partial charge in [0.25, 0.3) is 5.69 Å². The minimum atomic E-state index is -0.275. The summed E-state index contributed by atoms with van der Waals surface area (Å²) in [4.78, 5) is 15.7. The summed E-state index contributed by atoms with van der Waals surface area (Å²) < 4.78 is 0.746. The van der Waals surface area contributed by atoms with Crippen LogP contribution in [0.2, 0.25) is 0 Å². The number of rotatable bonds is 5. The van der Waals surface area contributed by atoms with Crippen LogP contribution in [-0.2, 0) is 0 Å². The molecule has 2 rings (SSSR count). The molecule has 1 heterocycles. The van der Waals surface area contributed by atoms with E-state index in [9.17, 15) is 10.1 Å². The van der Waals surface area contributed by atoms with Gasteiger partial charge in [0, 0.05) is 23.1 Å². The van der Waals surface area contributed by atoms with Crippen LogP contribution in [0, 0.1) is 16.0 Å². The Labute approximate surface area is 140 Å². The van der Waals surface area contributed by atoms with Crippen LogP contribution >= 0.6 is 15.9 Å². The van der Waals surface area contributed by atoms with Gasteiger partial charge in [0.05, 0.1) is 4.92 Å². The molecule has 5 nitrogen and oxygen atoms in total. The lowest BCUT2D eigenvalue weighted by Crippen LogP contribution is -2.45. The molecule has 0 radical (unpaired) electrons. The van der Waals surface area contributed by atoms with Crippen molar-refractivity contribution in [2.45, 2.75) is 32.7 Å². The van der Waals surface area contributed by atoms with Gasteiger partial charge in [-0.15, -0.1) is 0 Å². The minimum Gasteiger partial charge on any atom is -0.363 e. The maximum absolute atomic E-state index is 11.4. The molecule has 0 bridgehead atoms. The molecule has 0 amide bonds. The van der Waals surface area contributed by atoms with Crippen molar-refractivity contribution in [2.75, 3.05) is 31.6 Å². The van der Waals surface area contributed by atoms with Gasteiger partial charge in [-0.2, -0.15) is 0 Å². The quantitative estimate of drug-likeness (QED) is 0.582. The molecule has 1 fully saturated rings. The van der Waals surface area contributed by atoms with Crippen LogP contribution in [0.3, 0.4) is 0 Å². The molecule has 6 heteroatoms. The van der Waals surface area contributed by atoms with E-state index in [1.165, 1.54) is 0 Å². The lowest BCUT2D eigenvalue weighted by molar-refractivity contribution is -0.384. The number of benzene rings is 1. The van der Waals surface area contributed by atoms with Crippen molar-refractivity contribution < 1.29 is 4.92 Å². The minimum absolute atomic E-state index is 0.189. The van der Waals surface area contributed by atoms with Crippen LogP contribution in [0.15, 0.2) is 22.7 Å². The molecule has 122 valence electrons. The summed E-state index contributed by atoms with van der Waals surface area (Å²) >= 11 is 3.34. The van der Waals surface area contributed by atoms with Crippen LogP contribution in [0.5, 0.6) is 0 Å². The van der Waals surface area contributed by atoms with Crippen molar-refractivity contribution in [1.82, 2.24) is 4.90 Å². The van der Waals surface area contributed by atoms with Gasteiger partial charge in [-0.3, -0.25) is 10.1 Å². The molecule has 0 N–H and O–H groups in total. The number of anilines is 1. The zero-order valence-electron chi connectivity index (χ0n) is 13.5. The Morgan fingerprint density at radius 3 is 2.59 bits per heavy atom. The van der Waals surface area contributed by atoms with Gasteiger partial charge in [-0.25, -0.2) is 0 Å². The largest absolute Gasteiger partial charge is 0.363 e. The van der Waals surface area contributed by atoms with E-state index in [2.05, 4.69) is 46.6 Å². The Bertz CT molecular complexity index is 528. The van der Waals surface area contributed by atoms with Gasteiger partial charge < -0.3 is 9.80 Å². The van der Waals surface area contributed by atoms with E-state index in [0.29, 0.717) is 12.0 Å². The summed E-state index contributed by atoms with van der Waals surface area (Å²) in [6.45, 7) is 7.25. The Kier molecular flexibility index (Phi) is 5.81. The fourth-order valence-corrected chi connectivity index (χ4v) is 3.38. The first kappa shape index (κ1) is 17.2. The number of nitrogens with zero attached hydrogens (tertiary/aromatic N) is 3. The van der Waals surface area contributed by atoms with E-state index in [1.807, 2.05) is 12.1 Å². The molecule has 1 aliphatic heterocycles. The van der Waals surface area contributed by atoms with Crippen LogP contribution in [0.1, 0.15) is 26.7 Å². The topological polar surface area (TPSA) is 49.6 Å². The predicted octanol–water partition coefficient (Wildman–Crippen LogP) is 3.91. The summed E-state index contributed by atoms with van der Waals surface area (Å²) in [6.07, 6.45) is 2.10. The fourth-order valence-electron chi connectivity index (χ4n) is 3.03. The Balaban J connectivity index is 2.35. The standard InChI is InChI=1S/C16H24BrN3O2/c1-12(2)11-19(14-6-8-18(3)9-7-14)15-5-4-13(17)10-16(15)20(21)22/h4-5,10,12,14H,6-9,11H2,1-3H3. The van der Waals surface area contributed by atoms with Gasteiger partial charge in [-0.05, 0) is 51.0 Å². The smallest absolute Gasteiger partial charge is 0.293 e. The zero-order chi connectivity index (χ0) is 16.3. The van der Waals surface area contributed by atoms with Crippen molar-refractivity contribution in [1.29, 1.82) is 0 Å². The van der Waals surface area contributed by atoms with Gasteiger partial charge in [0.2, 0.25) is 0 Å². The molecule has 1 saturated heterocycles. The Morgan fingerprint density at radius 1 is 1.41 bits per heavy atom. The van der Waals surface area contributed by atoms with Crippen molar-refractivity contribution in [3.05, 3.63) is 32.8 Å². The number of nitro groups is 1. The summed E-state index contributed by atoms with van der Waals surface area (Å²) in [5.41, 5.74) is 0.936. The van der Waals surface area contributed by atoms with Crippen molar-refractivity contribution in [3.8, 4) is 0 Å². The second kappa shape index (κ2) is 7.42. The van der Waals surface area contributed by atoms with Crippen molar-refractivity contribution >= 4 is 27.3 Å². The third kappa shape index (κ3) is 4.20. The third-order valence-electron chi connectivity index (χ3n) is 4.13. The molecular weight excluding hydrogens is 346 g/mol. The van der Waals surface area contributed by atoms with E-state index < -0.39 is 0 Å². The van der Waals surface area contributed by atoms with Crippen molar-refractivity contribution in [3.63, 3.8) is 0 Å². The van der Waals surface area contributed by atoms with Crippen LogP contribution in [0.4, 0.5) is 11.4 Å². The normalized spacial score (nSPS) is 17.0. The highest BCUT2D eigenvalue weighted by molar-refractivity contribution is 9.10.